The van der Waals surface area contributed by atoms with Gasteiger partial charge in [0.1, 0.15) is 5.75 Å². The van der Waals surface area contributed by atoms with E-state index in [-0.39, 0.29) is 5.75 Å². The average Bonchev–Trinajstić information content (AvgIpc) is 2.59. The maximum Gasteiger partial charge on any atom is 0.115 e. The standard InChI is InChI=1S/C20H26N2O2/c23-19-8-6-18(7-9-19)21-12-15-22-13-10-20(24,11-14-22)16-17-4-2-1-3-5-17/h1-9,21,23-24H,10-16H2. The number of nitrogens with zero attached hydrogens (tertiary/aromatic N) is 1. The summed E-state index contributed by atoms with van der Waals surface area (Å²) in [7, 11) is 0. The minimum Gasteiger partial charge on any atom is -0.508 e. The Morgan fingerprint density at radius 1 is 0.958 bits per heavy atom. The third kappa shape index (κ3) is 4.73. The van der Waals surface area contributed by atoms with Gasteiger partial charge in [0.25, 0.3) is 0 Å². The van der Waals surface area contributed by atoms with Gasteiger partial charge in [-0.25, -0.2) is 0 Å². The van der Waals surface area contributed by atoms with Crippen LogP contribution in [0.5, 0.6) is 5.75 Å². The fourth-order valence-electron chi connectivity index (χ4n) is 3.28. The number of hydrogen-bond donors (Lipinski definition) is 3. The summed E-state index contributed by atoms with van der Waals surface area (Å²) < 4.78 is 0. The van der Waals surface area contributed by atoms with Crippen LogP contribution in [0.4, 0.5) is 5.69 Å². The van der Waals surface area contributed by atoms with Crippen molar-refractivity contribution < 1.29 is 10.2 Å². The fraction of sp³-hybridized carbons (Fsp3) is 0.400. The number of anilines is 1. The number of likely N-dealkylation sites (tertiary alicyclic amines) is 1. The second-order valence-corrected chi connectivity index (χ2v) is 6.70. The molecule has 1 saturated heterocycles. The van der Waals surface area contributed by atoms with Crippen LogP contribution in [0.25, 0.3) is 0 Å². The lowest BCUT2D eigenvalue weighted by atomic mass is 9.85. The van der Waals surface area contributed by atoms with Crippen LogP contribution in [0.15, 0.2) is 54.6 Å². The van der Waals surface area contributed by atoms with Crippen LogP contribution in [-0.4, -0.2) is 46.9 Å². The third-order valence-corrected chi connectivity index (χ3v) is 4.79. The van der Waals surface area contributed by atoms with Gasteiger partial charge in [0.15, 0.2) is 0 Å². The van der Waals surface area contributed by atoms with E-state index in [9.17, 15) is 10.2 Å². The molecule has 4 heteroatoms. The summed E-state index contributed by atoms with van der Waals surface area (Å²) in [6.07, 6.45) is 2.38. The SMILES string of the molecule is Oc1ccc(NCCN2CCC(O)(Cc3ccccc3)CC2)cc1. The molecule has 1 aliphatic heterocycles. The zero-order valence-corrected chi connectivity index (χ0v) is 14.0. The minimum atomic E-state index is -0.567. The molecule has 1 fully saturated rings. The quantitative estimate of drug-likeness (QED) is 0.715. The van der Waals surface area contributed by atoms with Gasteiger partial charge in [-0.3, -0.25) is 0 Å². The minimum absolute atomic E-state index is 0.286. The molecule has 2 aromatic carbocycles. The molecule has 0 spiro atoms. The summed E-state index contributed by atoms with van der Waals surface area (Å²) in [5.41, 5.74) is 1.66. The number of nitrogens with one attached hydrogen (secondary N) is 1. The first kappa shape index (κ1) is 16.8. The Balaban J connectivity index is 1.41. The lowest BCUT2D eigenvalue weighted by molar-refractivity contribution is -0.0196. The Kier molecular flexibility index (Phi) is 5.38. The van der Waals surface area contributed by atoms with E-state index < -0.39 is 5.60 Å². The number of phenolic OH excluding ortho intramolecular Hbond substituents is 1. The number of aromatic hydroxyl groups is 1. The molecule has 3 rings (SSSR count). The molecule has 0 unspecified atom stereocenters. The monoisotopic (exact) mass is 326 g/mol. The second-order valence-electron chi connectivity index (χ2n) is 6.70. The normalized spacial score (nSPS) is 17.5. The second kappa shape index (κ2) is 7.69. The lowest BCUT2D eigenvalue weighted by Crippen LogP contribution is -2.46. The van der Waals surface area contributed by atoms with Gasteiger partial charge in [0.2, 0.25) is 0 Å². The number of benzene rings is 2. The number of rotatable bonds is 6. The first-order chi connectivity index (χ1) is 11.6. The molecule has 0 amide bonds. The van der Waals surface area contributed by atoms with Crippen LogP contribution in [0.3, 0.4) is 0 Å². The van der Waals surface area contributed by atoms with Crippen molar-refractivity contribution in [2.75, 3.05) is 31.5 Å². The smallest absolute Gasteiger partial charge is 0.115 e. The Bertz CT molecular complexity index is 620. The number of phenols is 1. The van der Waals surface area contributed by atoms with Gasteiger partial charge < -0.3 is 20.4 Å². The summed E-state index contributed by atoms with van der Waals surface area (Å²) in [4.78, 5) is 2.40. The topological polar surface area (TPSA) is 55.7 Å². The first-order valence-corrected chi connectivity index (χ1v) is 8.65. The van der Waals surface area contributed by atoms with E-state index in [0.717, 1.165) is 51.1 Å². The van der Waals surface area contributed by atoms with Crippen LogP contribution >= 0.6 is 0 Å². The first-order valence-electron chi connectivity index (χ1n) is 8.65. The molecule has 4 nitrogen and oxygen atoms in total. The summed E-state index contributed by atoms with van der Waals surface area (Å²) in [5, 5.41) is 23.5. The van der Waals surface area contributed by atoms with Crippen LogP contribution in [0.1, 0.15) is 18.4 Å². The molecule has 1 heterocycles. The van der Waals surface area contributed by atoms with Crippen molar-refractivity contribution in [3.05, 3.63) is 60.2 Å². The third-order valence-electron chi connectivity index (χ3n) is 4.79. The van der Waals surface area contributed by atoms with Gasteiger partial charge in [0.05, 0.1) is 5.60 Å². The number of aliphatic hydroxyl groups is 1. The highest BCUT2D eigenvalue weighted by Gasteiger charge is 2.32. The van der Waals surface area contributed by atoms with E-state index in [1.54, 1.807) is 12.1 Å². The van der Waals surface area contributed by atoms with E-state index in [2.05, 4.69) is 22.3 Å². The van der Waals surface area contributed by atoms with Gasteiger partial charge >= 0.3 is 0 Å². The fourth-order valence-corrected chi connectivity index (χ4v) is 3.28. The van der Waals surface area contributed by atoms with Gasteiger partial charge in [-0.2, -0.15) is 0 Å². The van der Waals surface area contributed by atoms with Crippen LogP contribution in [-0.2, 0) is 6.42 Å². The zero-order chi connectivity index (χ0) is 16.8. The Morgan fingerprint density at radius 3 is 2.29 bits per heavy atom. The van der Waals surface area contributed by atoms with Crippen molar-refractivity contribution >= 4 is 5.69 Å². The van der Waals surface area contributed by atoms with E-state index in [0.29, 0.717) is 0 Å². The van der Waals surface area contributed by atoms with Crippen molar-refractivity contribution in [3.8, 4) is 5.75 Å². The molecule has 0 bridgehead atoms. The predicted octanol–water partition coefficient (Wildman–Crippen LogP) is 2.87. The molecule has 0 radical (unpaired) electrons. The summed E-state index contributed by atoms with van der Waals surface area (Å²) in [6.45, 7) is 3.69. The van der Waals surface area contributed by atoms with Crippen molar-refractivity contribution in [1.29, 1.82) is 0 Å². The summed E-state index contributed by atoms with van der Waals surface area (Å²) >= 11 is 0. The van der Waals surface area contributed by atoms with E-state index in [1.807, 2.05) is 30.3 Å². The summed E-state index contributed by atoms with van der Waals surface area (Å²) in [6, 6.07) is 17.4. The van der Waals surface area contributed by atoms with Crippen molar-refractivity contribution in [2.24, 2.45) is 0 Å². The molecule has 0 saturated carbocycles. The molecule has 2 aromatic rings. The molecular weight excluding hydrogens is 300 g/mol. The van der Waals surface area contributed by atoms with Crippen LogP contribution < -0.4 is 5.32 Å². The van der Waals surface area contributed by atoms with Gasteiger partial charge in [-0.05, 0) is 42.7 Å². The van der Waals surface area contributed by atoms with Crippen molar-refractivity contribution in [2.45, 2.75) is 24.9 Å². The van der Waals surface area contributed by atoms with Crippen molar-refractivity contribution in [3.63, 3.8) is 0 Å². The Hall–Kier alpha value is -2.04. The van der Waals surface area contributed by atoms with Crippen LogP contribution in [0.2, 0.25) is 0 Å². The zero-order valence-electron chi connectivity index (χ0n) is 14.0. The van der Waals surface area contributed by atoms with Gasteiger partial charge in [-0.15, -0.1) is 0 Å². The van der Waals surface area contributed by atoms with Gasteiger partial charge in [-0.1, -0.05) is 30.3 Å². The molecule has 24 heavy (non-hydrogen) atoms. The largest absolute Gasteiger partial charge is 0.508 e. The molecular formula is C20H26N2O2. The summed E-state index contributed by atoms with van der Waals surface area (Å²) in [5.74, 6) is 0.286. The lowest BCUT2D eigenvalue weighted by Gasteiger charge is -2.38. The molecule has 0 atom stereocenters. The number of piperidine rings is 1. The van der Waals surface area contributed by atoms with Crippen molar-refractivity contribution in [1.82, 2.24) is 4.90 Å². The van der Waals surface area contributed by atoms with Gasteiger partial charge in [0, 0.05) is 38.3 Å². The van der Waals surface area contributed by atoms with E-state index >= 15 is 0 Å². The molecule has 1 aliphatic rings. The highest BCUT2D eigenvalue weighted by Crippen LogP contribution is 2.26. The average molecular weight is 326 g/mol. The maximum absolute atomic E-state index is 10.8. The Morgan fingerprint density at radius 2 is 1.62 bits per heavy atom. The highest BCUT2D eigenvalue weighted by atomic mass is 16.3. The van der Waals surface area contributed by atoms with Crippen LogP contribution in [0, 0.1) is 0 Å². The molecule has 3 N–H and O–H groups in total. The maximum atomic E-state index is 10.8. The van der Waals surface area contributed by atoms with E-state index in [4.69, 9.17) is 0 Å². The van der Waals surface area contributed by atoms with E-state index in [1.165, 1.54) is 5.56 Å². The predicted molar refractivity (Wildman–Crippen MR) is 97.4 cm³/mol. The molecule has 128 valence electrons. The number of hydrogen-bond acceptors (Lipinski definition) is 4. The molecule has 0 aromatic heterocycles. The highest BCUT2D eigenvalue weighted by molar-refractivity contribution is 5.45. The molecule has 0 aliphatic carbocycles. The Labute approximate surface area is 143 Å².